The van der Waals surface area contributed by atoms with Crippen LogP contribution in [0.15, 0.2) is 0 Å². The maximum Gasteiger partial charge on any atom is 0.0601 e. The van der Waals surface area contributed by atoms with Crippen LogP contribution in [0.2, 0.25) is 0 Å². The third-order valence-electron chi connectivity index (χ3n) is 3.39. The van der Waals surface area contributed by atoms with Crippen molar-refractivity contribution in [2.45, 2.75) is 43.9 Å². The zero-order valence-corrected chi connectivity index (χ0v) is 7.42. The number of hydrogen-bond acceptors (Lipinski definition) is 2. The molecule has 2 heterocycles. The third kappa shape index (κ3) is 1.18. The Balaban J connectivity index is 2.02. The highest BCUT2D eigenvalue weighted by atomic mass is 16.5. The topological polar surface area (TPSA) is 12.5 Å². The van der Waals surface area contributed by atoms with Gasteiger partial charge in [-0.25, -0.2) is 0 Å². The molecule has 0 saturated carbocycles. The summed E-state index contributed by atoms with van der Waals surface area (Å²) in [4.78, 5) is 2.54. The first kappa shape index (κ1) is 7.56. The van der Waals surface area contributed by atoms with Gasteiger partial charge in [-0.05, 0) is 32.7 Å². The fourth-order valence-electron chi connectivity index (χ4n) is 2.55. The lowest BCUT2D eigenvalue weighted by Crippen LogP contribution is -2.42. The largest absolute Gasteiger partial charge is 0.381 e. The molecule has 3 atom stereocenters. The van der Waals surface area contributed by atoms with E-state index < -0.39 is 0 Å². The van der Waals surface area contributed by atoms with Gasteiger partial charge in [0.15, 0.2) is 0 Å². The lowest BCUT2D eigenvalue weighted by Gasteiger charge is -2.35. The van der Waals surface area contributed by atoms with Crippen LogP contribution >= 0.6 is 0 Å². The maximum atomic E-state index is 5.39. The van der Waals surface area contributed by atoms with E-state index in [0.717, 1.165) is 12.1 Å². The summed E-state index contributed by atoms with van der Waals surface area (Å²) in [5.41, 5.74) is 0. The van der Waals surface area contributed by atoms with Gasteiger partial charge in [0.25, 0.3) is 0 Å². The van der Waals surface area contributed by atoms with E-state index in [2.05, 4.69) is 11.9 Å². The summed E-state index contributed by atoms with van der Waals surface area (Å²) in [7, 11) is 4.10. The monoisotopic (exact) mass is 155 g/mol. The lowest BCUT2D eigenvalue weighted by atomic mass is 10.0. The predicted molar refractivity (Wildman–Crippen MR) is 44.6 cm³/mol. The summed E-state index contributed by atoms with van der Waals surface area (Å²) in [5, 5.41) is 0. The minimum atomic E-state index is 0.545. The van der Waals surface area contributed by atoms with Gasteiger partial charge < -0.3 is 9.64 Å². The molecule has 0 spiro atoms. The zero-order chi connectivity index (χ0) is 7.84. The van der Waals surface area contributed by atoms with Crippen LogP contribution in [0.5, 0.6) is 0 Å². The number of nitrogens with zero attached hydrogens (tertiary/aromatic N) is 1. The summed E-state index contributed by atoms with van der Waals surface area (Å²) in [6.45, 7) is 0. The van der Waals surface area contributed by atoms with E-state index in [1.807, 2.05) is 7.11 Å². The smallest absolute Gasteiger partial charge is 0.0601 e. The first-order chi connectivity index (χ1) is 5.31. The highest BCUT2D eigenvalue weighted by molar-refractivity contribution is 4.93. The van der Waals surface area contributed by atoms with Crippen molar-refractivity contribution < 1.29 is 4.74 Å². The lowest BCUT2D eigenvalue weighted by molar-refractivity contribution is 0.0163. The quantitative estimate of drug-likeness (QED) is 0.565. The molecule has 0 radical (unpaired) electrons. The van der Waals surface area contributed by atoms with Crippen molar-refractivity contribution in [2.75, 3.05) is 14.2 Å². The van der Waals surface area contributed by atoms with Crippen molar-refractivity contribution in [1.82, 2.24) is 4.90 Å². The van der Waals surface area contributed by atoms with Crippen LogP contribution in [0.4, 0.5) is 0 Å². The van der Waals surface area contributed by atoms with Gasteiger partial charge in [-0.15, -0.1) is 0 Å². The molecule has 0 aliphatic carbocycles. The second kappa shape index (κ2) is 2.76. The molecule has 0 amide bonds. The van der Waals surface area contributed by atoms with Crippen LogP contribution in [-0.4, -0.2) is 37.2 Å². The fraction of sp³-hybridized carbons (Fsp3) is 1.00. The molecule has 0 aromatic heterocycles. The summed E-state index contributed by atoms with van der Waals surface area (Å²) >= 11 is 0. The molecule has 2 nitrogen and oxygen atoms in total. The number of ether oxygens (including phenoxy) is 1. The highest BCUT2D eigenvalue weighted by Gasteiger charge is 2.38. The Hall–Kier alpha value is -0.0800. The SMILES string of the molecule is CO[C@H]1CC2CC[C@@H](C1)N2C. The Labute approximate surface area is 68.5 Å². The third-order valence-corrected chi connectivity index (χ3v) is 3.39. The van der Waals surface area contributed by atoms with Crippen molar-refractivity contribution in [3.8, 4) is 0 Å². The Morgan fingerprint density at radius 3 is 2.18 bits per heavy atom. The van der Waals surface area contributed by atoms with Crippen LogP contribution < -0.4 is 0 Å². The van der Waals surface area contributed by atoms with E-state index in [-0.39, 0.29) is 0 Å². The minimum Gasteiger partial charge on any atom is -0.381 e. The van der Waals surface area contributed by atoms with Gasteiger partial charge >= 0.3 is 0 Å². The van der Waals surface area contributed by atoms with Gasteiger partial charge in [0, 0.05) is 19.2 Å². The summed E-state index contributed by atoms with van der Waals surface area (Å²) in [6, 6.07) is 1.64. The molecule has 11 heavy (non-hydrogen) atoms. The Morgan fingerprint density at radius 2 is 1.73 bits per heavy atom. The average Bonchev–Trinajstić information content (AvgIpc) is 2.26. The molecular weight excluding hydrogens is 138 g/mol. The van der Waals surface area contributed by atoms with Gasteiger partial charge in [-0.3, -0.25) is 0 Å². The molecule has 1 unspecified atom stereocenters. The van der Waals surface area contributed by atoms with Crippen LogP contribution in [0.25, 0.3) is 0 Å². The molecule has 2 heteroatoms. The number of fused-ring (bicyclic) bond motifs is 2. The summed E-state index contributed by atoms with van der Waals surface area (Å²) in [5.74, 6) is 0. The van der Waals surface area contributed by atoms with E-state index in [0.29, 0.717) is 6.10 Å². The van der Waals surface area contributed by atoms with E-state index in [4.69, 9.17) is 4.74 Å². The van der Waals surface area contributed by atoms with Crippen molar-refractivity contribution in [3.05, 3.63) is 0 Å². The van der Waals surface area contributed by atoms with Crippen molar-refractivity contribution in [1.29, 1.82) is 0 Å². The molecule has 2 bridgehead atoms. The average molecular weight is 155 g/mol. The van der Waals surface area contributed by atoms with Crippen LogP contribution in [0.1, 0.15) is 25.7 Å². The normalized spacial score (nSPS) is 44.7. The molecule has 2 fully saturated rings. The molecule has 2 rings (SSSR count). The highest BCUT2D eigenvalue weighted by Crippen LogP contribution is 2.34. The Bertz CT molecular complexity index is 134. The van der Waals surface area contributed by atoms with Crippen molar-refractivity contribution in [3.63, 3.8) is 0 Å². The van der Waals surface area contributed by atoms with E-state index in [1.165, 1.54) is 25.7 Å². The molecule has 0 N–H and O–H groups in total. The molecule has 64 valence electrons. The van der Waals surface area contributed by atoms with E-state index in [9.17, 15) is 0 Å². The van der Waals surface area contributed by atoms with Gasteiger partial charge in [0.1, 0.15) is 0 Å². The molecule has 2 saturated heterocycles. The van der Waals surface area contributed by atoms with Crippen LogP contribution in [0.3, 0.4) is 0 Å². The first-order valence-electron chi connectivity index (χ1n) is 4.56. The predicted octanol–water partition coefficient (Wildman–Crippen LogP) is 1.26. The van der Waals surface area contributed by atoms with Gasteiger partial charge in [0.05, 0.1) is 6.10 Å². The molecule has 2 aliphatic rings. The number of hydrogen-bond donors (Lipinski definition) is 0. The standard InChI is InChI=1S/C9H17NO/c1-10-7-3-4-8(10)6-9(5-7)11-2/h7-9H,3-6H2,1-2H3/t7-,8?,9+/m0/s1. The maximum absolute atomic E-state index is 5.39. The Kier molecular flexibility index (Phi) is 1.90. The van der Waals surface area contributed by atoms with Gasteiger partial charge in [-0.1, -0.05) is 0 Å². The number of piperidine rings is 1. The Morgan fingerprint density at radius 1 is 1.18 bits per heavy atom. The number of rotatable bonds is 1. The fourth-order valence-corrected chi connectivity index (χ4v) is 2.55. The summed E-state index contributed by atoms with van der Waals surface area (Å²) in [6.07, 6.45) is 5.83. The zero-order valence-electron chi connectivity index (χ0n) is 7.42. The van der Waals surface area contributed by atoms with Crippen LogP contribution in [-0.2, 0) is 4.74 Å². The minimum absolute atomic E-state index is 0.545. The van der Waals surface area contributed by atoms with Crippen LogP contribution in [0, 0.1) is 0 Å². The first-order valence-corrected chi connectivity index (χ1v) is 4.56. The number of methoxy groups -OCH3 is 1. The second-order valence-electron chi connectivity index (χ2n) is 3.88. The molecule has 2 aliphatic heterocycles. The second-order valence-corrected chi connectivity index (χ2v) is 3.88. The van der Waals surface area contributed by atoms with Crippen molar-refractivity contribution >= 4 is 0 Å². The van der Waals surface area contributed by atoms with E-state index >= 15 is 0 Å². The molecule has 0 aromatic rings. The van der Waals surface area contributed by atoms with Gasteiger partial charge in [0.2, 0.25) is 0 Å². The van der Waals surface area contributed by atoms with E-state index in [1.54, 1.807) is 0 Å². The van der Waals surface area contributed by atoms with Gasteiger partial charge in [-0.2, -0.15) is 0 Å². The summed E-state index contributed by atoms with van der Waals surface area (Å²) < 4.78 is 5.39. The molecular formula is C9H17NO. The van der Waals surface area contributed by atoms with Crippen molar-refractivity contribution in [2.24, 2.45) is 0 Å². The molecule has 0 aromatic carbocycles.